The molecule has 0 unspecified atom stereocenters. The number of aromatic nitrogens is 7. The van der Waals surface area contributed by atoms with Crippen LogP contribution in [0, 0.1) is 13.8 Å². The fourth-order valence-corrected chi connectivity index (χ4v) is 3.70. The van der Waals surface area contributed by atoms with Crippen molar-refractivity contribution in [2.75, 3.05) is 5.32 Å². The molecule has 5 rings (SSSR count). The molecular formula is C23H22N8. The highest BCUT2D eigenvalue weighted by atomic mass is 15.3. The zero-order valence-electron chi connectivity index (χ0n) is 17.6. The molecule has 1 aromatic carbocycles. The molecule has 4 aromatic heterocycles. The third kappa shape index (κ3) is 3.42. The van der Waals surface area contributed by atoms with E-state index in [1.54, 1.807) is 12.5 Å². The van der Waals surface area contributed by atoms with Crippen LogP contribution in [0.15, 0.2) is 61.2 Å². The molecule has 0 atom stereocenters. The van der Waals surface area contributed by atoms with Gasteiger partial charge in [0.05, 0.1) is 11.3 Å². The maximum absolute atomic E-state index is 4.92. The Balaban J connectivity index is 1.68. The van der Waals surface area contributed by atoms with E-state index in [1.165, 1.54) is 0 Å². The van der Waals surface area contributed by atoms with E-state index in [2.05, 4.69) is 20.4 Å². The van der Waals surface area contributed by atoms with Gasteiger partial charge in [0.25, 0.3) is 0 Å². The first-order valence-electron chi connectivity index (χ1n) is 10.1. The zero-order chi connectivity index (χ0) is 21.4. The summed E-state index contributed by atoms with van der Waals surface area (Å²) in [5.74, 6) is 1.31. The van der Waals surface area contributed by atoms with Crippen LogP contribution in [0.5, 0.6) is 0 Å². The average Bonchev–Trinajstić information content (AvgIpc) is 3.33. The van der Waals surface area contributed by atoms with Gasteiger partial charge < -0.3 is 5.32 Å². The number of hydrogen-bond acceptors (Lipinski definition) is 6. The molecule has 0 aliphatic carbocycles. The van der Waals surface area contributed by atoms with E-state index in [0.717, 1.165) is 39.4 Å². The monoisotopic (exact) mass is 410 g/mol. The molecule has 0 saturated carbocycles. The normalized spacial score (nSPS) is 11.2. The Morgan fingerprint density at radius 1 is 1.00 bits per heavy atom. The summed E-state index contributed by atoms with van der Waals surface area (Å²) in [5.41, 5.74) is 6.36. The van der Waals surface area contributed by atoms with Gasteiger partial charge in [-0.25, -0.2) is 15.0 Å². The molecule has 4 heterocycles. The van der Waals surface area contributed by atoms with Crippen molar-refractivity contribution < 1.29 is 0 Å². The summed E-state index contributed by atoms with van der Waals surface area (Å²) < 4.78 is 3.84. The van der Waals surface area contributed by atoms with Crippen LogP contribution in [0.25, 0.3) is 28.2 Å². The van der Waals surface area contributed by atoms with Gasteiger partial charge in [-0.15, -0.1) is 0 Å². The van der Waals surface area contributed by atoms with Crippen molar-refractivity contribution >= 4 is 17.0 Å². The van der Waals surface area contributed by atoms with Gasteiger partial charge in [0.1, 0.15) is 6.33 Å². The van der Waals surface area contributed by atoms with E-state index in [4.69, 9.17) is 9.97 Å². The summed E-state index contributed by atoms with van der Waals surface area (Å²) >= 11 is 0. The summed E-state index contributed by atoms with van der Waals surface area (Å²) in [6.45, 7) is 4.59. The first-order valence-corrected chi connectivity index (χ1v) is 10.1. The molecule has 0 fully saturated rings. The van der Waals surface area contributed by atoms with Crippen LogP contribution in [0.3, 0.4) is 0 Å². The number of imidazole rings is 1. The Hall–Kier alpha value is -4.07. The van der Waals surface area contributed by atoms with E-state index >= 15 is 0 Å². The van der Waals surface area contributed by atoms with Gasteiger partial charge in [-0.3, -0.25) is 14.2 Å². The fourth-order valence-electron chi connectivity index (χ4n) is 3.70. The Morgan fingerprint density at radius 2 is 1.84 bits per heavy atom. The largest absolute Gasteiger partial charge is 0.364 e. The molecule has 31 heavy (non-hydrogen) atoms. The third-order valence-corrected chi connectivity index (χ3v) is 5.35. The summed E-state index contributed by atoms with van der Waals surface area (Å²) in [4.78, 5) is 18.6. The number of hydrogen-bond donors (Lipinski definition) is 1. The number of nitrogens with one attached hydrogen (secondary N) is 1. The number of anilines is 1. The number of benzene rings is 1. The maximum atomic E-state index is 4.92. The smallest absolute Gasteiger partial charge is 0.170 e. The lowest BCUT2D eigenvalue weighted by Gasteiger charge is -2.10. The Kier molecular flexibility index (Phi) is 4.66. The minimum absolute atomic E-state index is 0.586. The van der Waals surface area contributed by atoms with Crippen LogP contribution < -0.4 is 5.32 Å². The van der Waals surface area contributed by atoms with Crippen molar-refractivity contribution in [3.05, 3.63) is 78.1 Å². The fraction of sp³-hybridized carbons (Fsp3) is 0.174. The number of pyridine rings is 1. The summed E-state index contributed by atoms with van der Waals surface area (Å²) in [6, 6.07) is 14.0. The molecule has 154 valence electrons. The van der Waals surface area contributed by atoms with Crippen LogP contribution in [0.1, 0.15) is 17.0 Å². The van der Waals surface area contributed by atoms with Gasteiger partial charge in [-0.05, 0) is 37.6 Å². The van der Waals surface area contributed by atoms with Crippen molar-refractivity contribution in [1.82, 2.24) is 34.3 Å². The molecule has 0 radical (unpaired) electrons. The second kappa shape index (κ2) is 7.64. The van der Waals surface area contributed by atoms with Crippen LogP contribution in [0.4, 0.5) is 5.82 Å². The average molecular weight is 410 g/mol. The van der Waals surface area contributed by atoms with E-state index in [0.29, 0.717) is 18.2 Å². The minimum atomic E-state index is 0.586. The first kappa shape index (κ1) is 18.9. The number of aryl methyl sites for hydroxylation is 2. The Bertz CT molecular complexity index is 1350. The van der Waals surface area contributed by atoms with Gasteiger partial charge in [0.15, 0.2) is 22.8 Å². The molecule has 0 amide bonds. The van der Waals surface area contributed by atoms with Crippen molar-refractivity contribution in [2.45, 2.75) is 20.4 Å². The predicted octanol–water partition coefficient (Wildman–Crippen LogP) is 3.84. The van der Waals surface area contributed by atoms with Crippen molar-refractivity contribution in [3.8, 4) is 17.1 Å². The van der Waals surface area contributed by atoms with Crippen molar-refractivity contribution in [3.63, 3.8) is 0 Å². The molecule has 0 saturated heterocycles. The molecule has 0 aliphatic rings. The van der Waals surface area contributed by atoms with E-state index < -0.39 is 0 Å². The maximum Gasteiger partial charge on any atom is 0.170 e. The summed E-state index contributed by atoms with van der Waals surface area (Å²) in [7, 11) is 1.93. The highest BCUT2D eigenvalue weighted by Crippen LogP contribution is 2.29. The molecule has 0 spiro atoms. The number of rotatable bonds is 5. The number of nitrogens with zero attached hydrogens (tertiary/aromatic N) is 7. The minimum Gasteiger partial charge on any atom is -0.364 e. The predicted molar refractivity (Wildman–Crippen MR) is 120 cm³/mol. The van der Waals surface area contributed by atoms with E-state index in [1.807, 2.05) is 78.8 Å². The lowest BCUT2D eigenvalue weighted by Crippen LogP contribution is -2.06. The van der Waals surface area contributed by atoms with Crippen LogP contribution in [-0.2, 0) is 13.6 Å². The molecular weight excluding hydrogens is 388 g/mol. The molecule has 0 bridgehead atoms. The molecule has 8 nitrogen and oxygen atoms in total. The molecule has 0 aliphatic heterocycles. The second-order valence-electron chi connectivity index (χ2n) is 7.40. The lowest BCUT2D eigenvalue weighted by atomic mass is 10.2. The molecule has 1 N–H and O–H groups in total. The Labute approximate surface area is 179 Å². The molecule has 5 aromatic rings. The summed E-state index contributed by atoms with van der Waals surface area (Å²) in [6.07, 6.45) is 5.39. The standard InChI is InChI=1S/C23H22N8/c1-15-19(16(2)30(3)29-15)21-27-22(25-13-17-8-7-11-24-12-17)20-23(28-21)31(14-26-20)18-9-5-4-6-10-18/h4-12,14H,13H2,1-3H3,(H,25,27,28). The summed E-state index contributed by atoms with van der Waals surface area (Å²) in [5, 5.41) is 7.97. The van der Waals surface area contributed by atoms with Gasteiger partial charge in [0, 0.05) is 37.4 Å². The van der Waals surface area contributed by atoms with Gasteiger partial charge >= 0.3 is 0 Å². The Morgan fingerprint density at radius 3 is 2.55 bits per heavy atom. The lowest BCUT2D eigenvalue weighted by molar-refractivity contribution is 0.731. The van der Waals surface area contributed by atoms with Crippen molar-refractivity contribution in [1.29, 1.82) is 0 Å². The highest BCUT2D eigenvalue weighted by molar-refractivity contribution is 5.86. The van der Waals surface area contributed by atoms with Crippen LogP contribution in [-0.4, -0.2) is 34.3 Å². The van der Waals surface area contributed by atoms with Gasteiger partial charge in [-0.2, -0.15) is 5.10 Å². The van der Waals surface area contributed by atoms with Crippen LogP contribution >= 0.6 is 0 Å². The molecule has 8 heteroatoms. The van der Waals surface area contributed by atoms with E-state index in [-0.39, 0.29) is 0 Å². The highest BCUT2D eigenvalue weighted by Gasteiger charge is 2.20. The van der Waals surface area contributed by atoms with Gasteiger partial charge in [0.2, 0.25) is 0 Å². The van der Waals surface area contributed by atoms with Gasteiger partial charge in [-0.1, -0.05) is 24.3 Å². The first-order chi connectivity index (χ1) is 15.1. The van der Waals surface area contributed by atoms with Crippen LogP contribution in [0.2, 0.25) is 0 Å². The third-order valence-electron chi connectivity index (χ3n) is 5.35. The van der Waals surface area contributed by atoms with Crippen molar-refractivity contribution in [2.24, 2.45) is 7.05 Å². The second-order valence-corrected chi connectivity index (χ2v) is 7.40. The quantitative estimate of drug-likeness (QED) is 0.474. The SMILES string of the molecule is Cc1nn(C)c(C)c1-c1nc(NCc2cccnc2)c2ncn(-c3ccccc3)c2n1. The number of para-hydroxylation sites is 1. The topological polar surface area (TPSA) is 86.3 Å². The number of fused-ring (bicyclic) bond motifs is 1. The zero-order valence-corrected chi connectivity index (χ0v) is 17.6. The van der Waals surface area contributed by atoms with E-state index in [9.17, 15) is 0 Å².